The zero-order valence-corrected chi connectivity index (χ0v) is 10.8. The topological polar surface area (TPSA) is 74.6 Å². The van der Waals surface area contributed by atoms with Gasteiger partial charge in [-0.25, -0.2) is 8.42 Å². The Balaban J connectivity index is 2.72. The summed E-state index contributed by atoms with van der Waals surface area (Å²) in [7, 11) is 0. The van der Waals surface area contributed by atoms with Crippen LogP contribution in [0.2, 0.25) is 0 Å². The van der Waals surface area contributed by atoms with Crippen LogP contribution < -0.4 is 0 Å². The van der Waals surface area contributed by atoms with Crippen molar-refractivity contribution < 1.29 is 17.5 Å². The van der Waals surface area contributed by atoms with E-state index in [0.29, 0.717) is 5.56 Å². The van der Waals surface area contributed by atoms with Crippen molar-refractivity contribution in [2.75, 3.05) is 0 Å². The first-order chi connectivity index (χ1) is 8.61. The Morgan fingerprint density at radius 2 is 1.44 bits per heavy atom. The Kier molecular flexibility index (Phi) is 4.03. The molecule has 18 heavy (non-hydrogen) atoms. The van der Waals surface area contributed by atoms with Crippen molar-refractivity contribution in [2.45, 2.75) is 9.79 Å². The number of benzene rings is 2. The summed E-state index contributed by atoms with van der Waals surface area (Å²) in [5.74, 6) is 0. The predicted octanol–water partition coefficient (Wildman–Crippen LogP) is 2.51. The number of hydrogen-bond acceptors (Lipinski definition) is 2. The molecule has 0 amide bonds. The van der Waals surface area contributed by atoms with Gasteiger partial charge in [0.25, 0.3) is 0 Å². The van der Waals surface area contributed by atoms with E-state index in [2.05, 4.69) is 0 Å². The molecule has 0 saturated heterocycles. The van der Waals surface area contributed by atoms with Gasteiger partial charge in [0.1, 0.15) is 0 Å². The molecule has 4 nitrogen and oxygen atoms in total. The van der Waals surface area contributed by atoms with Crippen LogP contribution in [0, 0.1) is 0 Å². The van der Waals surface area contributed by atoms with Crippen LogP contribution in [-0.2, 0) is 22.2 Å². The summed E-state index contributed by atoms with van der Waals surface area (Å²) in [6.45, 7) is 0. The van der Waals surface area contributed by atoms with Gasteiger partial charge >= 0.3 is 0 Å². The van der Waals surface area contributed by atoms with E-state index in [-0.39, 0.29) is 9.79 Å². The van der Waals surface area contributed by atoms with Gasteiger partial charge in [-0.2, -0.15) is 0 Å². The van der Waals surface area contributed by atoms with Crippen molar-refractivity contribution in [1.29, 1.82) is 0 Å². The summed E-state index contributed by atoms with van der Waals surface area (Å²) < 4.78 is 41.0. The molecule has 94 valence electrons. The third-order valence-corrected chi connectivity index (χ3v) is 4.06. The van der Waals surface area contributed by atoms with Gasteiger partial charge in [0, 0.05) is 5.56 Å². The van der Waals surface area contributed by atoms with E-state index in [4.69, 9.17) is 4.55 Å². The molecule has 2 unspecified atom stereocenters. The van der Waals surface area contributed by atoms with Gasteiger partial charge in [-0.05, 0) is 11.6 Å². The lowest BCUT2D eigenvalue weighted by molar-refractivity contribution is 0.550. The molecule has 0 bridgehead atoms. The van der Waals surface area contributed by atoms with Crippen molar-refractivity contribution in [1.82, 2.24) is 0 Å². The zero-order chi connectivity index (χ0) is 13.1. The van der Waals surface area contributed by atoms with Crippen molar-refractivity contribution >= 4 is 22.2 Å². The first kappa shape index (κ1) is 13.1. The summed E-state index contributed by atoms with van der Waals surface area (Å²) in [5, 5.41) is 0. The Hall–Kier alpha value is -1.34. The lowest BCUT2D eigenvalue weighted by Gasteiger charge is -2.09. The van der Waals surface area contributed by atoms with Gasteiger partial charge in [-0.15, -0.1) is 0 Å². The van der Waals surface area contributed by atoms with E-state index in [1.165, 1.54) is 6.07 Å². The smallest absolute Gasteiger partial charge is 0.188 e. The van der Waals surface area contributed by atoms with Crippen LogP contribution >= 0.6 is 0 Å². The SMILES string of the molecule is O=S(O)c1cccc(-c2ccccc2)c1S(=O)O. The van der Waals surface area contributed by atoms with Crippen molar-refractivity contribution in [3.05, 3.63) is 48.5 Å². The van der Waals surface area contributed by atoms with Crippen LogP contribution in [0.3, 0.4) is 0 Å². The maximum atomic E-state index is 11.4. The van der Waals surface area contributed by atoms with Crippen LogP contribution in [0.5, 0.6) is 0 Å². The maximum absolute atomic E-state index is 11.4. The van der Waals surface area contributed by atoms with Crippen molar-refractivity contribution in [3.63, 3.8) is 0 Å². The van der Waals surface area contributed by atoms with Crippen LogP contribution in [0.25, 0.3) is 11.1 Å². The Morgan fingerprint density at radius 3 is 2.00 bits per heavy atom. The third kappa shape index (κ3) is 2.56. The number of hydrogen-bond donors (Lipinski definition) is 2. The average Bonchev–Trinajstić information content (AvgIpc) is 2.38. The van der Waals surface area contributed by atoms with Gasteiger partial charge in [-0.1, -0.05) is 42.5 Å². The quantitative estimate of drug-likeness (QED) is 0.848. The van der Waals surface area contributed by atoms with Crippen molar-refractivity contribution in [2.24, 2.45) is 0 Å². The lowest BCUT2D eigenvalue weighted by Crippen LogP contribution is -2.01. The molecule has 0 aromatic heterocycles. The summed E-state index contributed by atoms with van der Waals surface area (Å²) in [6, 6.07) is 13.6. The van der Waals surface area contributed by atoms with Gasteiger partial charge in [0.2, 0.25) is 0 Å². The fourth-order valence-electron chi connectivity index (χ4n) is 1.68. The second kappa shape index (κ2) is 5.53. The molecule has 0 fully saturated rings. The molecule has 0 spiro atoms. The second-order valence-corrected chi connectivity index (χ2v) is 5.34. The molecule has 2 aromatic rings. The zero-order valence-electron chi connectivity index (χ0n) is 9.15. The molecule has 0 radical (unpaired) electrons. The predicted molar refractivity (Wildman–Crippen MR) is 70.0 cm³/mol. The first-order valence-electron chi connectivity index (χ1n) is 5.01. The fourth-order valence-corrected chi connectivity index (χ4v) is 3.18. The Labute approximate surface area is 109 Å². The highest BCUT2D eigenvalue weighted by atomic mass is 32.2. The molecule has 0 aliphatic carbocycles. The Bertz CT molecular complexity index is 611. The summed E-state index contributed by atoms with van der Waals surface area (Å²) in [6.07, 6.45) is 0. The highest BCUT2D eigenvalue weighted by Crippen LogP contribution is 2.29. The molecular formula is C12H10O4S2. The standard InChI is InChI=1S/C12H10O4S2/c13-17(14)11-8-4-7-10(12(11)18(15)16)9-5-2-1-3-6-9/h1-8H,(H,13,14)(H,15,16). The molecule has 2 atom stereocenters. The normalized spacial score (nSPS) is 14.1. The van der Waals surface area contributed by atoms with Gasteiger partial charge in [-0.3, -0.25) is 0 Å². The minimum Gasteiger partial charge on any atom is -0.302 e. The molecule has 0 aliphatic heterocycles. The Morgan fingerprint density at radius 1 is 0.778 bits per heavy atom. The third-order valence-electron chi connectivity index (χ3n) is 2.43. The summed E-state index contributed by atoms with van der Waals surface area (Å²) in [5.41, 5.74) is 1.21. The molecule has 0 aliphatic rings. The minimum absolute atomic E-state index is 0.0236. The highest BCUT2D eigenvalue weighted by molar-refractivity contribution is 7.82. The van der Waals surface area contributed by atoms with Crippen LogP contribution in [-0.4, -0.2) is 17.5 Å². The fraction of sp³-hybridized carbons (Fsp3) is 0. The monoisotopic (exact) mass is 282 g/mol. The molecule has 0 heterocycles. The molecule has 2 rings (SSSR count). The largest absolute Gasteiger partial charge is 0.302 e. The molecule has 6 heteroatoms. The number of rotatable bonds is 3. The van der Waals surface area contributed by atoms with Gasteiger partial charge in [0.15, 0.2) is 22.2 Å². The summed E-state index contributed by atoms with van der Waals surface area (Å²) in [4.78, 5) is -0.0679. The average molecular weight is 282 g/mol. The van der Waals surface area contributed by atoms with E-state index in [1.54, 1.807) is 36.4 Å². The molecule has 2 N–H and O–H groups in total. The van der Waals surface area contributed by atoms with Crippen LogP contribution in [0.1, 0.15) is 0 Å². The van der Waals surface area contributed by atoms with E-state index < -0.39 is 22.2 Å². The first-order valence-corrected chi connectivity index (χ1v) is 7.22. The lowest BCUT2D eigenvalue weighted by atomic mass is 10.1. The highest BCUT2D eigenvalue weighted by Gasteiger charge is 2.18. The van der Waals surface area contributed by atoms with Gasteiger partial charge in [0.05, 0.1) is 9.79 Å². The van der Waals surface area contributed by atoms with E-state index in [9.17, 15) is 13.0 Å². The minimum atomic E-state index is -2.33. The van der Waals surface area contributed by atoms with Crippen LogP contribution in [0.4, 0.5) is 0 Å². The second-order valence-electron chi connectivity index (χ2n) is 3.50. The van der Waals surface area contributed by atoms with Crippen molar-refractivity contribution in [3.8, 4) is 11.1 Å². The van der Waals surface area contributed by atoms with E-state index >= 15 is 0 Å². The van der Waals surface area contributed by atoms with E-state index in [1.807, 2.05) is 6.07 Å². The van der Waals surface area contributed by atoms with Crippen LogP contribution in [0.15, 0.2) is 58.3 Å². The van der Waals surface area contributed by atoms with E-state index in [0.717, 1.165) is 5.56 Å². The molecular weight excluding hydrogens is 272 g/mol. The molecule has 0 saturated carbocycles. The molecule has 2 aromatic carbocycles. The maximum Gasteiger partial charge on any atom is 0.188 e. The summed E-state index contributed by atoms with van der Waals surface area (Å²) >= 11 is -4.62. The van der Waals surface area contributed by atoms with Gasteiger partial charge < -0.3 is 9.11 Å².